The summed E-state index contributed by atoms with van der Waals surface area (Å²) in [5, 5.41) is 10.9. The normalized spacial score (nSPS) is 26.6. The first-order chi connectivity index (χ1) is 20.1. The van der Waals surface area contributed by atoms with Crippen LogP contribution in [0.2, 0.25) is 0 Å². The van der Waals surface area contributed by atoms with Crippen molar-refractivity contribution in [3.8, 4) is 0 Å². The van der Waals surface area contributed by atoms with Gasteiger partial charge in [0.1, 0.15) is 5.84 Å². The first-order valence-corrected chi connectivity index (χ1v) is 15.8. The minimum absolute atomic E-state index is 0.0382. The maximum absolute atomic E-state index is 10.9. The second-order valence-electron chi connectivity index (χ2n) is 11.7. The summed E-state index contributed by atoms with van der Waals surface area (Å²) in [4.78, 5) is 26.6. The van der Waals surface area contributed by atoms with Crippen molar-refractivity contribution in [1.82, 2.24) is 24.5 Å². The molecule has 4 heterocycles. The van der Waals surface area contributed by atoms with Crippen LogP contribution in [0.15, 0.2) is 66.3 Å². The maximum atomic E-state index is 10.9. The smallest absolute Gasteiger partial charge is 0.209 e. The Morgan fingerprint density at radius 1 is 0.902 bits per heavy atom. The monoisotopic (exact) mass is 564 g/mol. The molecule has 4 aliphatic heterocycles. The van der Waals surface area contributed by atoms with Crippen LogP contribution in [0.5, 0.6) is 0 Å². The summed E-state index contributed by atoms with van der Waals surface area (Å²) in [6.45, 7) is 19.5. The second kappa shape index (κ2) is 16.8. The zero-order chi connectivity index (χ0) is 28.9. The minimum Gasteiger partial charge on any atom is -0.371 e. The number of hydrogen-bond acceptors (Lipinski definition) is 7. The third-order valence-electron chi connectivity index (χ3n) is 8.84. The van der Waals surface area contributed by atoms with E-state index < -0.39 is 6.23 Å². The van der Waals surface area contributed by atoms with Crippen molar-refractivity contribution < 1.29 is 9.90 Å². The van der Waals surface area contributed by atoms with E-state index in [1.807, 2.05) is 17.1 Å². The van der Waals surface area contributed by atoms with Crippen LogP contribution < -0.4 is 0 Å². The number of carbonyl (C=O) groups excluding carboxylic acids is 1. The third-order valence-corrected chi connectivity index (χ3v) is 8.84. The number of aliphatic hydroxyl groups is 1. The number of hydrogen-bond donors (Lipinski definition) is 1. The molecule has 0 bridgehead atoms. The van der Waals surface area contributed by atoms with Crippen LogP contribution in [0, 0.1) is 0 Å². The van der Waals surface area contributed by atoms with Gasteiger partial charge >= 0.3 is 0 Å². The lowest BCUT2D eigenvalue weighted by Gasteiger charge is -2.33. The highest BCUT2D eigenvalue weighted by atomic mass is 16.3. The Hall–Kier alpha value is -2.52. The Bertz CT molecular complexity index is 955. The number of amidine groups is 1. The molecule has 3 unspecified atom stereocenters. The van der Waals surface area contributed by atoms with Gasteiger partial charge in [0.15, 0.2) is 6.23 Å². The summed E-state index contributed by atoms with van der Waals surface area (Å²) >= 11 is 0. The number of piperazine rings is 1. The molecule has 3 fully saturated rings. The molecular weight excluding hydrogens is 512 g/mol. The number of aliphatic hydroxyl groups excluding tert-OH is 1. The van der Waals surface area contributed by atoms with Gasteiger partial charge in [-0.05, 0) is 70.3 Å². The van der Waals surface area contributed by atoms with Gasteiger partial charge in [0.05, 0.1) is 12.1 Å². The molecule has 5 aliphatic rings. The molecular formula is C33H52N6O2. The van der Waals surface area contributed by atoms with Crippen molar-refractivity contribution in [3.05, 3.63) is 61.3 Å². The van der Waals surface area contributed by atoms with E-state index in [4.69, 9.17) is 4.99 Å². The van der Waals surface area contributed by atoms with Gasteiger partial charge in [0.2, 0.25) is 6.41 Å². The molecule has 0 aromatic heterocycles. The van der Waals surface area contributed by atoms with Crippen LogP contribution in [0.4, 0.5) is 0 Å². The molecule has 3 saturated heterocycles. The van der Waals surface area contributed by atoms with E-state index in [1.54, 1.807) is 0 Å². The predicted octanol–water partition coefficient (Wildman–Crippen LogP) is 3.30. The summed E-state index contributed by atoms with van der Waals surface area (Å²) in [6, 6.07) is -0.0167. The number of piperidine rings is 1. The van der Waals surface area contributed by atoms with Gasteiger partial charge in [-0.15, -0.1) is 13.2 Å². The first kappa shape index (κ1) is 31.4. The number of aliphatic imine (C=N–C) groups is 1. The third kappa shape index (κ3) is 9.23. The van der Waals surface area contributed by atoms with E-state index in [2.05, 4.69) is 63.1 Å². The number of rotatable bonds is 11. The summed E-state index contributed by atoms with van der Waals surface area (Å²) < 4.78 is 0. The molecule has 0 spiro atoms. The zero-order valence-corrected chi connectivity index (χ0v) is 25.0. The van der Waals surface area contributed by atoms with Gasteiger partial charge in [-0.2, -0.15) is 0 Å². The van der Waals surface area contributed by atoms with Crippen LogP contribution in [-0.4, -0.2) is 132 Å². The fraction of sp³-hybridized carbons (Fsp3) is 0.636. The van der Waals surface area contributed by atoms with E-state index in [1.165, 1.54) is 57.4 Å². The number of nitrogens with zero attached hydrogens (tertiary/aromatic N) is 6. The van der Waals surface area contributed by atoms with Crippen LogP contribution in [0.25, 0.3) is 0 Å². The topological polar surface area (TPSA) is 65.9 Å². The van der Waals surface area contributed by atoms with Gasteiger partial charge in [-0.25, -0.2) is 0 Å². The molecule has 0 aromatic carbocycles. The zero-order valence-electron chi connectivity index (χ0n) is 25.0. The molecule has 8 heteroatoms. The SMILES string of the molecule is C=CC1N=C(C(O)N2CCCC2)N(CC2=CC=CCC=C2)C1C=C.O=CN1CCN(CCCN2CCCCC2)CC1. The fourth-order valence-electron chi connectivity index (χ4n) is 6.37. The Morgan fingerprint density at radius 3 is 2.24 bits per heavy atom. The van der Waals surface area contributed by atoms with Gasteiger partial charge in [0.25, 0.3) is 0 Å². The highest BCUT2D eigenvalue weighted by Crippen LogP contribution is 2.25. The van der Waals surface area contributed by atoms with Crippen molar-refractivity contribution in [2.24, 2.45) is 4.99 Å². The van der Waals surface area contributed by atoms with Crippen LogP contribution >= 0.6 is 0 Å². The van der Waals surface area contributed by atoms with E-state index in [-0.39, 0.29) is 12.1 Å². The quantitative estimate of drug-likeness (QED) is 0.307. The average molecular weight is 565 g/mol. The van der Waals surface area contributed by atoms with Crippen molar-refractivity contribution in [2.75, 3.05) is 72.0 Å². The summed E-state index contributed by atoms with van der Waals surface area (Å²) in [7, 11) is 0. The van der Waals surface area contributed by atoms with Gasteiger partial charge in [-0.3, -0.25) is 19.6 Å². The lowest BCUT2D eigenvalue weighted by molar-refractivity contribution is -0.119. The molecule has 0 saturated carbocycles. The Balaban J connectivity index is 0.000000201. The summed E-state index contributed by atoms with van der Waals surface area (Å²) in [5.74, 6) is 0.745. The molecule has 41 heavy (non-hydrogen) atoms. The largest absolute Gasteiger partial charge is 0.371 e. The maximum Gasteiger partial charge on any atom is 0.209 e. The molecule has 3 atom stereocenters. The van der Waals surface area contributed by atoms with E-state index in [9.17, 15) is 9.90 Å². The molecule has 8 nitrogen and oxygen atoms in total. The number of carbonyl (C=O) groups is 1. The molecule has 0 aromatic rings. The average Bonchev–Trinajstić information content (AvgIpc) is 3.60. The van der Waals surface area contributed by atoms with Crippen molar-refractivity contribution in [3.63, 3.8) is 0 Å². The summed E-state index contributed by atoms with van der Waals surface area (Å²) in [6.07, 6.45) is 23.5. The van der Waals surface area contributed by atoms with E-state index in [0.717, 1.165) is 70.8 Å². The Morgan fingerprint density at radius 2 is 1.59 bits per heavy atom. The van der Waals surface area contributed by atoms with Crippen molar-refractivity contribution >= 4 is 12.2 Å². The number of allylic oxidation sites excluding steroid dienone is 4. The Labute approximate surface area is 248 Å². The number of likely N-dealkylation sites (tertiary alicyclic amines) is 2. The molecule has 5 rings (SSSR count). The van der Waals surface area contributed by atoms with Gasteiger partial charge in [0, 0.05) is 45.8 Å². The Kier molecular flexibility index (Phi) is 12.9. The van der Waals surface area contributed by atoms with Gasteiger partial charge in [-0.1, -0.05) is 49.0 Å². The van der Waals surface area contributed by atoms with E-state index in [0.29, 0.717) is 6.54 Å². The van der Waals surface area contributed by atoms with Crippen LogP contribution in [-0.2, 0) is 4.79 Å². The lowest BCUT2D eigenvalue weighted by atomic mass is 10.1. The highest BCUT2D eigenvalue weighted by molar-refractivity contribution is 5.89. The lowest BCUT2D eigenvalue weighted by Crippen LogP contribution is -2.49. The summed E-state index contributed by atoms with van der Waals surface area (Å²) in [5.41, 5.74) is 1.21. The molecule has 226 valence electrons. The highest BCUT2D eigenvalue weighted by Gasteiger charge is 2.38. The van der Waals surface area contributed by atoms with Crippen molar-refractivity contribution in [2.45, 2.75) is 63.3 Å². The van der Waals surface area contributed by atoms with Crippen molar-refractivity contribution in [1.29, 1.82) is 0 Å². The second-order valence-corrected chi connectivity index (χ2v) is 11.7. The first-order valence-electron chi connectivity index (χ1n) is 15.8. The minimum atomic E-state index is -0.647. The molecule has 1 amide bonds. The number of amides is 1. The standard InChI is InChI=1S/C20H27N3O.C13H25N3O/c1-3-17-18(4-2)23(15-16-11-7-5-6-8-12-16)19(21-17)20(24)22-13-9-10-14-22;17-13-16-11-9-15(10-12-16)8-4-7-14-5-2-1-3-6-14/h3-5,7-8,11-12,17-18,20,24H,1-2,6,9-10,13-15H2;13H,1-12H2. The molecule has 0 radical (unpaired) electrons. The van der Waals surface area contributed by atoms with E-state index >= 15 is 0 Å². The predicted molar refractivity (Wildman–Crippen MR) is 169 cm³/mol. The van der Waals surface area contributed by atoms with Gasteiger partial charge < -0.3 is 19.8 Å². The molecule has 1 N–H and O–H groups in total. The fourth-order valence-corrected chi connectivity index (χ4v) is 6.37. The van der Waals surface area contributed by atoms with Crippen LogP contribution in [0.3, 0.4) is 0 Å². The molecule has 1 aliphatic carbocycles. The van der Waals surface area contributed by atoms with Crippen LogP contribution in [0.1, 0.15) is 44.9 Å².